The van der Waals surface area contributed by atoms with E-state index in [1.54, 1.807) is 7.11 Å². The average molecular weight is 567 g/mol. The van der Waals surface area contributed by atoms with Crippen molar-refractivity contribution in [3.8, 4) is 29.2 Å². The number of hydrogen-bond donors (Lipinski definition) is 0. The molecule has 4 heteroatoms. The van der Waals surface area contributed by atoms with Crippen LogP contribution in [0.5, 0.6) is 5.75 Å². The number of amides is 1. The first kappa shape index (κ1) is 33.0. The smallest absolute Gasteiger partial charge is 0.254 e. The molecule has 0 atom stereocenters. The van der Waals surface area contributed by atoms with E-state index in [0.717, 1.165) is 60.5 Å². The van der Waals surface area contributed by atoms with Gasteiger partial charge in [0.05, 0.1) is 7.11 Å². The number of piperidine rings is 1. The zero-order valence-electron chi connectivity index (χ0n) is 26.8. The summed E-state index contributed by atoms with van der Waals surface area (Å²) in [5.41, 5.74) is 5.40. The van der Waals surface area contributed by atoms with Gasteiger partial charge < -0.3 is 14.5 Å². The van der Waals surface area contributed by atoms with Gasteiger partial charge in [-0.2, -0.15) is 0 Å². The molecule has 0 bridgehead atoms. The van der Waals surface area contributed by atoms with E-state index in [2.05, 4.69) is 93.7 Å². The van der Waals surface area contributed by atoms with Gasteiger partial charge in [0.25, 0.3) is 5.91 Å². The minimum absolute atomic E-state index is 0.0726. The summed E-state index contributed by atoms with van der Waals surface area (Å²) in [6.45, 7) is 17.1. The number of hydrogen-bond acceptors (Lipinski definition) is 3. The molecule has 0 saturated carbocycles. The number of carbonyl (C=O) groups is 1. The molecule has 1 amide bonds. The van der Waals surface area contributed by atoms with Gasteiger partial charge in [-0.3, -0.25) is 4.79 Å². The van der Waals surface area contributed by atoms with Gasteiger partial charge >= 0.3 is 0 Å². The predicted molar refractivity (Wildman–Crippen MR) is 177 cm³/mol. The summed E-state index contributed by atoms with van der Waals surface area (Å²) in [6.07, 6.45) is 8.73. The van der Waals surface area contributed by atoms with Gasteiger partial charge in [-0.05, 0) is 90.2 Å². The van der Waals surface area contributed by atoms with Crippen LogP contribution in [0.4, 0.5) is 0 Å². The maximum Gasteiger partial charge on any atom is 0.254 e. The van der Waals surface area contributed by atoms with Crippen LogP contribution in [0.15, 0.2) is 72.8 Å². The Morgan fingerprint density at radius 2 is 1.45 bits per heavy atom. The van der Waals surface area contributed by atoms with Gasteiger partial charge in [0, 0.05) is 36.8 Å². The van der Waals surface area contributed by atoms with Crippen molar-refractivity contribution in [2.45, 2.75) is 73.4 Å². The van der Waals surface area contributed by atoms with Crippen molar-refractivity contribution in [2.24, 2.45) is 11.3 Å². The Balaban J connectivity index is 0.000000892. The molecular formula is C38H50N2O2. The number of carbonyl (C=O) groups excluding carboxylic acids is 1. The molecule has 1 saturated heterocycles. The largest absolute Gasteiger partial charge is 0.497 e. The fourth-order valence-electron chi connectivity index (χ4n) is 4.92. The van der Waals surface area contributed by atoms with Crippen molar-refractivity contribution in [1.82, 2.24) is 9.80 Å². The summed E-state index contributed by atoms with van der Waals surface area (Å²) in [4.78, 5) is 18.4. The first-order chi connectivity index (χ1) is 20.0. The van der Waals surface area contributed by atoms with E-state index in [4.69, 9.17) is 11.2 Å². The van der Waals surface area contributed by atoms with E-state index in [1.165, 1.54) is 6.42 Å². The third kappa shape index (κ3) is 10.7. The fraction of sp³-hybridized carbons (Fsp3) is 0.447. The van der Waals surface area contributed by atoms with E-state index in [1.807, 2.05) is 36.4 Å². The molecule has 1 fully saturated rings. The highest BCUT2D eigenvalue weighted by atomic mass is 16.5. The quantitative estimate of drug-likeness (QED) is 0.243. The lowest BCUT2D eigenvalue weighted by Crippen LogP contribution is -2.47. The highest BCUT2D eigenvalue weighted by Gasteiger charge is 2.29. The molecule has 1 heterocycles. The molecular weight excluding hydrogens is 516 g/mol. The third-order valence-corrected chi connectivity index (χ3v) is 7.31. The lowest BCUT2D eigenvalue weighted by atomic mass is 9.99. The molecule has 42 heavy (non-hydrogen) atoms. The van der Waals surface area contributed by atoms with Crippen LogP contribution >= 0.6 is 0 Å². The zero-order chi connectivity index (χ0) is 30.7. The Hall–Kier alpha value is -3.55. The molecule has 224 valence electrons. The van der Waals surface area contributed by atoms with E-state index < -0.39 is 0 Å². The topological polar surface area (TPSA) is 32.8 Å². The highest BCUT2D eigenvalue weighted by Crippen LogP contribution is 2.26. The standard InChI is InChI=1S/C33H38N2O2.C5H12/c1-5-26-6-12-30(13-7-26)33(36)35(31-19-22-34(23-20-31)21-18-25(2)3)24-27-8-10-28(11-9-27)29-14-16-32(37-4)17-15-29;1-5(2,3)4/h1,6-17,25,31H,18-24H2,2-4H3;1-4H3. The Bertz CT molecular complexity index is 1270. The third-order valence-electron chi connectivity index (χ3n) is 7.31. The molecule has 3 aromatic rings. The number of likely N-dealkylation sites (tertiary alicyclic amines) is 1. The number of methoxy groups -OCH3 is 1. The number of rotatable bonds is 9. The summed E-state index contributed by atoms with van der Waals surface area (Å²) >= 11 is 0. The van der Waals surface area contributed by atoms with Crippen molar-refractivity contribution < 1.29 is 9.53 Å². The van der Waals surface area contributed by atoms with E-state index in [0.29, 0.717) is 23.4 Å². The summed E-state index contributed by atoms with van der Waals surface area (Å²) in [5, 5.41) is 0. The second-order valence-corrected chi connectivity index (χ2v) is 13.3. The molecule has 1 aliphatic heterocycles. The van der Waals surface area contributed by atoms with Gasteiger partial charge in [-0.15, -0.1) is 6.42 Å². The molecule has 1 aliphatic rings. The van der Waals surface area contributed by atoms with Gasteiger partial charge in [0.15, 0.2) is 0 Å². The van der Waals surface area contributed by atoms with Crippen molar-refractivity contribution in [2.75, 3.05) is 26.7 Å². The molecule has 0 aromatic heterocycles. The first-order valence-electron chi connectivity index (χ1n) is 15.3. The van der Waals surface area contributed by atoms with Crippen LogP contribution in [0.3, 0.4) is 0 Å². The molecule has 3 aromatic carbocycles. The van der Waals surface area contributed by atoms with Crippen molar-refractivity contribution in [1.29, 1.82) is 0 Å². The van der Waals surface area contributed by atoms with Crippen LogP contribution in [0.1, 0.15) is 82.3 Å². The van der Waals surface area contributed by atoms with Crippen LogP contribution in [0.25, 0.3) is 11.1 Å². The van der Waals surface area contributed by atoms with Crippen LogP contribution in [-0.4, -0.2) is 48.5 Å². The monoisotopic (exact) mass is 566 g/mol. The average Bonchev–Trinajstić information content (AvgIpc) is 2.98. The highest BCUT2D eigenvalue weighted by molar-refractivity contribution is 5.94. The van der Waals surface area contributed by atoms with E-state index in [-0.39, 0.29) is 11.9 Å². The number of nitrogens with zero attached hydrogens (tertiary/aromatic N) is 2. The van der Waals surface area contributed by atoms with E-state index in [9.17, 15) is 4.79 Å². The molecule has 4 nitrogen and oxygen atoms in total. The maximum absolute atomic E-state index is 13.7. The second kappa shape index (κ2) is 15.6. The van der Waals surface area contributed by atoms with Gasteiger partial charge in [-0.1, -0.05) is 83.9 Å². The lowest BCUT2D eigenvalue weighted by Gasteiger charge is -2.39. The molecule has 0 unspecified atom stereocenters. The molecule has 0 radical (unpaired) electrons. The number of terminal acetylenes is 1. The number of benzene rings is 3. The van der Waals surface area contributed by atoms with Crippen LogP contribution in [0, 0.1) is 23.7 Å². The van der Waals surface area contributed by atoms with E-state index >= 15 is 0 Å². The van der Waals surface area contributed by atoms with Crippen molar-refractivity contribution in [3.05, 3.63) is 89.5 Å². The number of ether oxygens (including phenoxy) is 1. The molecule has 0 N–H and O–H groups in total. The summed E-state index contributed by atoms with van der Waals surface area (Å²) in [6, 6.07) is 24.3. The van der Waals surface area contributed by atoms with Crippen LogP contribution < -0.4 is 4.74 Å². The summed E-state index contributed by atoms with van der Waals surface area (Å²) < 4.78 is 5.28. The van der Waals surface area contributed by atoms with Crippen LogP contribution in [-0.2, 0) is 6.54 Å². The lowest BCUT2D eigenvalue weighted by molar-refractivity contribution is 0.0546. The minimum atomic E-state index is 0.0726. The summed E-state index contributed by atoms with van der Waals surface area (Å²) in [7, 11) is 1.68. The van der Waals surface area contributed by atoms with Gasteiger partial charge in [0.1, 0.15) is 5.75 Å². The first-order valence-corrected chi connectivity index (χ1v) is 15.3. The molecule has 4 rings (SSSR count). The minimum Gasteiger partial charge on any atom is -0.497 e. The maximum atomic E-state index is 13.7. The SMILES string of the molecule is C#Cc1ccc(C(=O)N(Cc2ccc(-c3ccc(OC)cc3)cc2)C2CCN(CCC(C)C)CC2)cc1.CC(C)(C)C. The Labute approximate surface area is 255 Å². The molecule has 0 aliphatic carbocycles. The fourth-order valence-corrected chi connectivity index (χ4v) is 4.92. The Morgan fingerprint density at radius 3 is 1.93 bits per heavy atom. The predicted octanol–water partition coefficient (Wildman–Crippen LogP) is 8.55. The summed E-state index contributed by atoms with van der Waals surface area (Å²) in [5.74, 6) is 4.27. The normalized spacial score (nSPS) is 14.1. The van der Waals surface area contributed by atoms with Gasteiger partial charge in [0.2, 0.25) is 0 Å². The van der Waals surface area contributed by atoms with Gasteiger partial charge in [-0.25, -0.2) is 0 Å². The Morgan fingerprint density at radius 1 is 0.929 bits per heavy atom. The Kier molecular flexibility index (Phi) is 12.3. The second-order valence-electron chi connectivity index (χ2n) is 13.3. The van der Waals surface area contributed by atoms with Crippen molar-refractivity contribution >= 4 is 5.91 Å². The zero-order valence-corrected chi connectivity index (χ0v) is 26.8. The van der Waals surface area contributed by atoms with Crippen molar-refractivity contribution in [3.63, 3.8) is 0 Å². The molecule has 0 spiro atoms. The van der Waals surface area contributed by atoms with Crippen LogP contribution in [0.2, 0.25) is 0 Å².